The Balaban J connectivity index is 2.19. The monoisotopic (exact) mass is 321 g/mol. The highest BCUT2D eigenvalue weighted by Gasteiger charge is 2.33. The molecule has 2 rings (SSSR count). The number of aryl methyl sites for hydroxylation is 1. The number of carbonyl (C=O) groups is 1. The lowest BCUT2D eigenvalue weighted by atomic mass is 9.93. The maximum Gasteiger partial charge on any atom is 0.310 e. The number of aliphatic carboxylic acids is 1. The number of hydrogen-bond donors (Lipinski definition) is 2. The van der Waals surface area contributed by atoms with E-state index in [2.05, 4.69) is 37.8 Å². The van der Waals surface area contributed by atoms with Gasteiger partial charge in [-0.25, -0.2) is 0 Å². The van der Waals surface area contributed by atoms with Crippen LogP contribution in [0.15, 0.2) is 12.1 Å². The third-order valence-corrected chi connectivity index (χ3v) is 4.68. The van der Waals surface area contributed by atoms with E-state index in [1.165, 1.54) is 11.1 Å². The van der Waals surface area contributed by atoms with E-state index in [-0.39, 0.29) is 0 Å². The summed E-state index contributed by atoms with van der Waals surface area (Å²) in [5, 5.41) is 19.1. The van der Waals surface area contributed by atoms with Gasteiger partial charge in [-0.2, -0.15) is 0 Å². The average Bonchev–Trinajstić information content (AvgIpc) is 2.50. The molecular formula is C18H27NO4. The van der Waals surface area contributed by atoms with Gasteiger partial charge in [-0.05, 0) is 42.0 Å². The van der Waals surface area contributed by atoms with Crippen LogP contribution in [0.2, 0.25) is 0 Å². The fourth-order valence-electron chi connectivity index (χ4n) is 3.18. The van der Waals surface area contributed by atoms with Gasteiger partial charge in [0.05, 0.1) is 19.1 Å². The predicted octanol–water partition coefficient (Wildman–Crippen LogP) is 2.39. The Morgan fingerprint density at radius 2 is 2.13 bits per heavy atom. The van der Waals surface area contributed by atoms with Crippen LogP contribution < -0.4 is 4.74 Å². The molecule has 1 aromatic rings. The fourth-order valence-corrected chi connectivity index (χ4v) is 3.18. The van der Waals surface area contributed by atoms with Crippen molar-refractivity contribution in [3.05, 3.63) is 28.8 Å². The lowest BCUT2D eigenvalue weighted by Gasteiger charge is -2.34. The number of piperidine rings is 1. The highest BCUT2D eigenvalue weighted by molar-refractivity contribution is 5.71. The van der Waals surface area contributed by atoms with Gasteiger partial charge in [-0.3, -0.25) is 9.69 Å². The summed E-state index contributed by atoms with van der Waals surface area (Å²) < 4.78 is 5.47. The summed E-state index contributed by atoms with van der Waals surface area (Å²) >= 11 is 0. The van der Waals surface area contributed by atoms with Gasteiger partial charge in [0.15, 0.2) is 0 Å². The number of likely N-dealkylation sites (tertiary alicyclic amines) is 1. The van der Waals surface area contributed by atoms with E-state index in [1.54, 1.807) is 7.11 Å². The molecule has 0 amide bonds. The molecule has 5 nitrogen and oxygen atoms in total. The average molecular weight is 321 g/mol. The number of methoxy groups -OCH3 is 1. The standard InChI is InChI=1S/C18H27NO4/c1-11(2)14-8-13(12(3)7-17(14)23-4)9-19-6-5-16(20)15(10-19)18(21)22/h7-8,11,15-16,20H,5-6,9-10H2,1-4H3,(H,21,22)/t15-,16-/m1/s1. The molecule has 0 aromatic heterocycles. The first-order chi connectivity index (χ1) is 10.8. The SMILES string of the molecule is COc1cc(C)c(CN2CC[C@@H](O)[C@H](C(=O)O)C2)cc1C(C)C. The minimum atomic E-state index is -0.920. The van der Waals surface area contributed by atoms with Crippen molar-refractivity contribution in [2.75, 3.05) is 20.2 Å². The molecule has 1 aliphatic rings. The molecule has 128 valence electrons. The van der Waals surface area contributed by atoms with Crippen molar-refractivity contribution < 1.29 is 19.7 Å². The van der Waals surface area contributed by atoms with E-state index in [4.69, 9.17) is 4.74 Å². The third-order valence-electron chi connectivity index (χ3n) is 4.68. The molecule has 1 aliphatic heterocycles. The zero-order chi connectivity index (χ0) is 17.1. The Morgan fingerprint density at radius 3 is 2.70 bits per heavy atom. The maximum absolute atomic E-state index is 11.3. The molecule has 5 heteroatoms. The quantitative estimate of drug-likeness (QED) is 0.871. The number of carboxylic acid groups (broad SMARTS) is 1. The Morgan fingerprint density at radius 1 is 1.43 bits per heavy atom. The van der Waals surface area contributed by atoms with Crippen LogP contribution in [0.3, 0.4) is 0 Å². The van der Waals surface area contributed by atoms with Gasteiger partial charge in [0, 0.05) is 19.6 Å². The van der Waals surface area contributed by atoms with Crippen molar-refractivity contribution >= 4 is 5.97 Å². The second-order valence-corrected chi connectivity index (χ2v) is 6.71. The van der Waals surface area contributed by atoms with Crippen LogP contribution in [0, 0.1) is 12.8 Å². The minimum Gasteiger partial charge on any atom is -0.496 e. The molecule has 0 radical (unpaired) electrons. The van der Waals surface area contributed by atoms with Gasteiger partial charge in [0.25, 0.3) is 0 Å². The number of ether oxygens (including phenoxy) is 1. The van der Waals surface area contributed by atoms with E-state index in [0.717, 1.165) is 11.3 Å². The lowest BCUT2D eigenvalue weighted by molar-refractivity contribution is -0.149. The molecule has 23 heavy (non-hydrogen) atoms. The molecule has 1 saturated heterocycles. The van der Waals surface area contributed by atoms with Crippen LogP contribution in [-0.2, 0) is 11.3 Å². The molecule has 1 fully saturated rings. The van der Waals surface area contributed by atoms with Gasteiger partial charge in [0.2, 0.25) is 0 Å². The lowest BCUT2D eigenvalue weighted by Crippen LogP contribution is -2.46. The van der Waals surface area contributed by atoms with Crippen molar-refractivity contribution in [2.45, 2.75) is 45.8 Å². The maximum atomic E-state index is 11.3. The largest absolute Gasteiger partial charge is 0.496 e. The van der Waals surface area contributed by atoms with Crippen molar-refractivity contribution in [2.24, 2.45) is 5.92 Å². The van der Waals surface area contributed by atoms with Crippen molar-refractivity contribution in [3.8, 4) is 5.75 Å². The molecule has 1 heterocycles. The Kier molecular flexibility index (Phi) is 5.65. The third kappa shape index (κ3) is 4.03. The van der Waals surface area contributed by atoms with Crippen LogP contribution in [0.5, 0.6) is 5.75 Å². The van der Waals surface area contributed by atoms with Crippen LogP contribution in [0.1, 0.15) is 42.9 Å². The van der Waals surface area contributed by atoms with E-state index in [9.17, 15) is 15.0 Å². The Bertz CT molecular complexity index is 570. The molecule has 0 unspecified atom stereocenters. The first kappa shape index (κ1) is 17.8. The molecule has 0 saturated carbocycles. The number of rotatable bonds is 5. The summed E-state index contributed by atoms with van der Waals surface area (Å²) in [5.41, 5.74) is 3.50. The number of hydrogen-bond acceptors (Lipinski definition) is 4. The minimum absolute atomic E-state index is 0.360. The number of aliphatic hydroxyl groups is 1. The van der Waals surface area contributed by atoms with Crippen LogP contribution in [0.25, 0.3) is 0 Å². The van der Waals surface area contributed by atoms with E-state index in [1.807, 2.05) is 0 Å². The normalized spacial score (nSPS) is 22.3. The van der Waals surface area contributed by atoms with Gasteiger partial charge < -0.3 is 14.9 Å². The molecule has 2 atom stereocenters. The summed E-state index contributed by atoms with van der Waals surface area (Å²) in [6.07, 6.45) is -0.240. The smallest absolute Gasteiger partial charge is 0.310 e. The number of carboxylic acids is 1. The topological polar surface area (TPSA) is 70.0 Å². The summed E-state index contributed by atoms with van der Waals surface area (Å²) in [6, 6.07) is 4.22. The highest BCUT2D eigenvalue weighted by atomic mass is 16.5. The summed E-state index contributed by atoms with van der Waals surface area (Å²) in [4.78, 5) is 13.4. The first-order valence-electron chi connectivity index (χ1n) is 8.14. The zero-order valence-electron chi connectivity index (χ0n) is 14.4. The molecular weight excluding hydrogens is 294 g/mol. The van der Waals surface area contributed by atoms with Gasteiger partial charge in [0.1, 0.15) is 5.75 Å². The zero-order valence-corrected chi connectivity index (χ0v) is 14.4. The van der Waals surface area contributed by atoms with Gasteiger partial charge in [-0.15, -0.1) is 0 Å². The van der Waals surface area contributed by atoms with E-state index in [0.29, 0.717) is 32.0 Å². The van der Waals surface area contributed by atoms with E-state index < -0.39 is 18.0 Å². The summed E-state index contributed by atoms with van der Waals surface area (Å²) in [5.74, 6) is -0.360. The van der Waals surface area contributed by atoms with Crippen molar-refractivity contribution in [1.29, 1.82) is 0 Å². The fraction of sp³-hybridized carbons (Fsp3) is 0.611. The highest BCUT2D eigenvalue weighted by Crippen LogP contribution is 2.31. The number of benzene rings is 1. The summed E-state index contributed by atoms with van der Waals surface area (Å²) in [6.45, 7) is 8.12. The van der Waals surface area contributed by atoms with Gasteiger partial charge >= 0.3 is 5.97 Å². The first-order valence-corrected chi connectivity index (χ1v) is 8.14. The van der Waals surface area contributed by atoms with E-state index >= 15 is 0 Å². The second kappa shape index (κ2) is 7.32. The van der Waals surface area contributed by atoms with Crippen molar-refractivity contribution in [1.82, 2.24) is 4.90 Å². The Hall–Kier alpha value is -1.59. The molecule has 1 aromatic carbocycles. The summed E-state index contributed by atoms with van der Waals surface area (Å²) in [7, 11) is 1.68. The van der Waals surface area contributed by atoms with Crippen LogP contribution in [0.4, 0.5) is 0 Å². The second-order valence-electron chi connectivity index (χ2n) is 6.71. The molecule has 0 bridgehead atoms. The van der Waals surface area contributed by atoms with Crippen LogP contribution >= 0.6 is 0 Å². The van der Waals surface area contributed by atoms with Crippen LogP contribution in [-0.4, -0.2) is 47.4 Å². The Labute approximate surface area is 137 Å². The predicted molar refractivity (Wildman–Crippen MR) is 88.8 cm³/mol. The molecule has 0 aliphatic carbocycles. The number of nitrogens with zero attached hydrogens (tertiary/aromatic N) is 1. The van der Waals surface area contributed by atoms with Crippen molar-refractivity contribution in [3.63, 3.8) is 0 Å². The molecule has 0 spiro atoms. The molecule has 2 N–H and O–H groups in total. The number of aliphatic hydroxyl groups excluding tert-OH is 1. The van der Waals surface area contributed by atoms with Gasteiger partial charge in [-0.1, -0.05) is 19.9 Å².